The summed E-state index contributed by atoms with van der Waals surface area (Å²) in [5, 5.41) is 22.3. The number of benzene rings is 1. The SMILES string of the molecule is Cc1cc(OC2C(C)(C)C(NC(=O)c3cnc(N4CC5(CCC(N6CCC(O)CC6)CC5)C4)nc3)C2(C)C)ccc1C#N. The van der Waals surface area contributed by atoms with Crippen LogP contribution in [0.3, 0.4) is 0 Å². The molecule has 9 heteroatoms. The summed E-state index contributed by atoms with van der Waals surface area (Å²) in [7, 11) is 0. The molecule has 9 nitrogen and oxygen atoms in total. The molecule has 6 rings (SSSR count). The molecule has 3 heterocycles. The monoisotopic (exact) mass is 586 g/mol. The Morgan fingerprint density at radius 1 is 1.05 bits per heavy atom. The second-order valence-corrected chi connectivity index (χ2v) is 14.8. The Bertz CT molecular complexity index is 1360. The number of anilines is 1. The number of carbonyl (C=O) groups excluding carboxylic acids is 1. The van der Waals surface area contributed by atoms with Crippen molar-refractivity contribution in [3.05, 3.63) is 47.3 Å². The van der Waals surface area contributed by atoms with Gasteiger partial charge < -0.3 is 25.0 Å². The first-order chi connectivity index (χ1) is 20.4. The zero-order valence-corrected chi connectivity index (χ0v) is 26.3. The standard InChI is InChI=1S/C34H46N6O3/c1-22-16-27(7-6-23(22)17-35)43-30-32(2,3)29(33(30,4)5)38-28(42)24-18-36-31(37-19-24)40-20-34(21-40)12-8-25(9-13-34)39-14-10-26(41)11-15-39/h6-7,16,18-19,25-26,29-30,41H,8-15,20-21H2,1-5H3,(H,38,42). The smallest absolute Gasteiger partial charge is 0.254 e. The number of nitriles is 1. The van der Waals surface area contributed by atoms with Crippen molar-refractivity contribution >= 4 is 11.9 Å². The molecule has 1 aromatic carbocycles. The van der Waals surface area contributed by atoms with Gasteiger partial charge in [-0.3, -0.25) is 4.79 Å². The largest absolute Gasteiger partial charge is 0.489 e. The molecule has 1 aromatic heterocycles. The summed E-state index contributed by atoms with van der Waals surface area (Å²) in [4.78, 5) is 27.3. The van der Waals surface area contributed by atoms with Gasteiger partial charge in [-0.2, -0.15) is 5.26 Å². The number of piperidine rings is 1. The number of carbonyl (C=O) groups is 1. The maximum absolute atomic E-state index is 13.3. The van der Waals surface area contributed by atoms with Gasteiger partial charge in [-0.1, -0.05) is 27.7 Å². The fourth-order valence-electron chi connectivity index (χ4n) is 8.64. The Hall–Kier alpha value is -3.22. The summed E-state index contributed by atoms with van der Waals surface area (Å²) in [6.07, 6.45) is 9.82. The van der Waals surface area contributed by atoms with Crippen LogP contribution in [0.15, 0.2) is 30.6 Å². The summed E-state index contributed by atoms with van der Waals surface area (Å²) < 4.78 is 6.43. The Balaban J connectivity index is 1.01. The van der Waals surface area contributed by atoms with E-state index in [9.17, 15) is 15.2 Å². The molecule has 2 aliphatic heterocycles. The third-order valence-electron chi connectivity index (χ3n) is 11.0. The summed E-state index contributed by atoms with van der Waals surface area (Å²) in [5.74, 6) is 1.26. The van der Waals surface area contributed by atoms with Crippen molar-refractivity contribution in [3.63, 3.8) is 0 Å². The van der Waals surface area contributed by atoms with Crippen LogP contribution in [0.4, 0.5) is 5.95 Å². The van der Waals surface area contributed by atoms with Crippen molar-refractivity contribution in [2.45, 2.75) is 97.4 Å². The molecule has 2 N–H and O–H groups in total. The van der Waals surface area contributed by atoms with Crippen molar-refractivity contribution in [1.29, 1.82) is 5.26 Å². The van der Waals surface area contributed by atoms with Gasteiger partial charge in [0.25, 0.3) is 5.91 Å². The molecule has 0 radical (unpaired) electrons. The normalized spacial score (nSPS) is 26.7. The topological polar surface area (TPSA) is 115 Å². The van der Waals surface area contributed by atoms with E-state index in [0.717, 1.165) is 50.3 Å². The lowest BCUT2D eigenvalue weighted by Gasteiger charge is -2.63. The molecular formula is C34H46N6O3. The van der Waals surface area contributed by atoms with E-state index in [1.165, 1.54) is 25.7 Å². The third-order valence-corrected chi connectivity index (χ3v) is 11.0. The van der Waals surface area contributed by atoms with Gasteiger partial charge in [0.1, 0.15) is 11.9 Å². The third kappa shape index (κ3) is 5.49. The van der Waals surface area contributed by atoms with Gasteiger partial charge in [0.2, 0.25) is 5.95 Å². The number of hydrogen-bond donors (Lipinski definition) is 2. The van der Waals surface area contributed by atoms with Crippen LogP contribution < -0.4 is 15.0 Å². The number of rotatable bonds is 6. The van der Waals surface area contributed by atoms with Crippen LogP contribution in [0, 0.1) is 34.5 Å². The van der Waals surface area contributed by atoms with E-state index >= 15 is 0 Å². The zero-order valence-electron chi connectivity index (χ0n) is 26.3. The summed E-state index contributed by atoms with van der Waals surface area (Å²) in [6.45, 7) is 14.4. The summed E-state index contributed by atoms with van der Waals surface area (Å²) in [5.41, 5.74) is 1.75. The van der Waals surface area contributed by atoms with E-state index in [4.69, 9.17) is 4.74 Å². The van der Waals surface area contributed by atoms with Gasteiger partial charge in [0.05, 0.1) is 23.3 Å². The molecule has 1 spiro atoms. The number of aromatic nitrogens is 2. The highest BCUT2D eigenvalue weighted by atomic mass is 16.5. The fraction of sp³-hybridized carbons (Fsp3) is 0.647. The highest BCUT2D eigenvalue weighted by molar-refractivity contribution is 5.94. The zero-order chi connectivity index (χ0) is 30.6. The molecule has 0 atom stereocenters. The van der Waals surface area contributed by atoms with E-state index < -0.39 is 0 Å². The predicted molar refractivity (Wildman–Crippen MR) is 165 cm³/mol. The number of aliphatic hydroxyl groups excluding tert-OH is 1. The Kier molecular flexibility index (Phi) is 7.67. The lowest BCUT2D eigenvalue weighted by Crippen LogP contribution is -2.74. The molecule has 0 unspecified atom stereocenters. The Labute approximate surface area is 255 Å². The van der Waals surface area contributed by atoms with E-state index in [-0.39, 0.29) is 35.0 Å². The molecule has 43 heavy (non-hydrogen) atoms. The van der Waals surface area contributed by atoms with Crippen LogP contribution in [-0.4, -0.2) is 76.4 Å². The van der Waals surface area contributed by atoms with Crippen LogP contribution in [-0.2, 0) is 0 Å². The molecule has 2 saturated carbocycles. The van der Waals surface area contributed by atoms with Crippen molar-refractivity contribution in [3.8, 4) is 11.8 Å². The van der Waals surface area contributed by atoms with Crippen LogP contribution in [0.25, 0.3) is 0 Å². The number of amides is 1. The quantitative estimate of drug-likeness (QED) is 0.510. The van der Waals surface area contributed by atoms with Crippen molar-refractivity contribution in [2.75, 3.05) is 31.1 Å². The van der Waals surface area contributed by atoms with E-state index in [1.807, 2.05) is 19.1 Å². The minimum atomic E-state index is -0.304. The van der Waals surface area contributed by atoms with Crippen LogP contribution in [0.1, 0.15) is 87.7 Å². The van der Waals surface area contributed by atoms with Gasteiger partial charge in [-0.05, 0) is 69.2 Å². The van der Waals surface area contributed by atoms with E-state index in [0.29, 0.717) is 28.5 Å². The maximum atomic E-state index is 13.3. The van der Waals surface area contributed by atoms with E-state index in [2.05, 4.69) is 58.8 Å². The Morgan fingerprint density at radius 3 is 2.26 bits per heavy atom. The van der Waals surface area contributed by atoms with Gasteiger partial charge in [0.15, 0.2) is 0 Å². The number of likely N-dealkylation sites (tertiary alicyclic amines) is 1. The van der Waals surface area contributed by atoms with Crippen LogP contribution in [0.2, 0.25) is 0 Å². The van der Waals surface area contributed by atoms with E-state index in [1.54, 1.807) is 18.5 Å². The molecule has 2 aliphatic carbocycles. The molecule has 230 valence electrons. The predicted octanol–water partition coefficient (Wildman–Crippen LogP) is 4.47. The second-order valence-electron chi connectivity index (χ2n) is 14.8. The van der Waals surface area contributed by atoms with Gasteiger partial charge in [-0.25, -0.2) is 9.97 Å². The lowest BCUT2D eigenvalue weighted by atomic mass is 9.49. The number of aliphatic hydroxyl groups is 1. The van der Waals surface area contributed by atoms with Crippen LogP contribution >= 0.6 is 0 Å². The first-order valence-electron chi connectivity index (χ1n) is 15.9. The number of hydrogen-bond acceptors (Lipinski definition) is 8. The van der Waals surface area contributed by atoms with Crippen molar-refractivity contribution in [2.24, 2.45) is 16.2 Å². The minimum Gasteiger partial charge on any atom is -0.489 e. The number of aryl methyl sites for hydroxylation is 1. The van der Waals surface area contributed by atoms with Crippen molar-refractivity contribution in [1.82, 2.24) is 20.2 Å². The Morgan fingerprint density at radius 2 is 1.67 bits per heavy atom. The minimum absolute atomic E-state index is 0.1000. The molecule has 2 aromatic rings. The molecule has 0 bridgehead atoms. The lowest BCUT2D eigenvalue weighted by molar-refractivity contribution is -0.164. The van der Waals surface area contributed by atoms with Gasteiger partial charge in [-0.15, -0.1) is 0 Å². The van der Waals surface area contributed by atoms with Gasteiger partial charge in [0, 0.05) is 66.9 Å². The number of ether oxygens (including phenoxy) is 1. The molecule has 2 saturated heterocycles. The summed E-state index contributed by atoms with van der Waals surface area (Å²) >= 11 is 0. The number of nitrogens with one attached hydrogen (secondary N) is 1. The average molecular weight is 587 g/mol. The number of nitrogens with zero attached hydrogens (tertiary/aromatic N) is 5. The molecule has 4 fully saturated rings. The average Bonchev–Trinajstić information content (AvgIpc) is 2.98. The second kappa shape index (κ2) is 11.0. The molecular weight excluding hydrogens is 540 g/mol. The van der Waals surface area contributed by atoms with Crippen LogP contribution in [0.5, 0.6) is 5.75 Å². The van der Waals surface area contributed by atoms with Gasteiger partial charge >= 0.3 is 0 Å². The summed E-state index contributed by atoms with van der Waals surface area (Å²) in [6, 6.07) is 8.30. The first-order valence-corrected chi connectivity index (χ1v) is 15.9. The fourth-order valence-corrected chi connectivity index (χ4v) is 8.64. The first kappa shape index (κ1) is 29.8. The maximum Gasteiger partial charge on any atom is 0.254 e. The molecule has 4 aliphatic rings. The van der Waals surface area contributed by atoms with Crippen molar-refractivity contribution < 1.29 is 14.6 Å². The highest BCUT2D eigenvalue weighted by Gasteiger charge is 2.64. The molecule has 1 amide bonds. The highest BCUT2D eigenvalue weighted by Crippen LogP contribution is 2.55.